The van der Waals surface area contributed by atoms with Gasteiger partial charge in [-0.3, -0.25) is 14.5 Å². The Kier molecular flexibility index (Phi) is 3.87. The van der Waals surface area contributed by atoms with Crippen LogP contribution in [-0.4, -0.2) is 23.3 Å². The van der Waals surface area contributed by atoms with Crippen molar-refractivity contribution in [2.24, 2.45) is 11.8 Å². The molecule has 0 bridgehead atoms. The van der Waals surface area contributed by atoms with Crippen molar-refractivity contribution < 1.29 is 9.59 Å². The molecule has 2 heterocycles. The van der Waals surface area contributed by atoms with Crippen LogP contribution in [0, 0.1) is 14.7 Å². The highest BCUT2D eigenvalue weighted by Crippen LogP contribution is 2.27. The maximum absolute atomic E-state index is 12.1. The highest BCUT2D eigenvalue weighted by Gasteiger charge is 2.35. The van der Waals surface area contributed by atoms with E-state index in [9.17, 15) is 9.59 Å². The Balaban J connectivity index is 2.13. The summed E-state index contributed by atoms with van der Waals surface area (Å²) in [5.41, 5.74) is 0.636. The zero-order valence-corrected chi connectivity index (χ0v) is 12.7. The summed E-state index contributed by atoms with van der Waals surface area (Å²) in [7, 11) is 0. The van der Waals surface area contributed by atoms with Gasteiger partial charge in [-0.25, -0.2) is 0 Å². The van der Waals surface area contributed by atoms with E-state index in [-0.39, 0.29) is 11.8 Å². The summed E-state index contributed by atoms with van der Waals surface area (Å²) in [6, 6.07) is 1.84. The predicted molar refractivity (Wildman–Crippen MR) is 76.0 cm³/mol. The molecule has 0 saturated carbocycles. The summed E-state index contributed by atoms with van der Waals surface area (Å²) in [4.78, 5) is 25.4. The molecule has 2 amide bonds. The lowest BCUT2D eigenvalue weighted by molar-refractivity contribution is -0.125. The van der Waals surface area contributed by atoms with Gasteiger partial charge in [-0.1, -0.05) is 13.8 Å². The average molecular weight is 363 g/mol. The molecule has 17 heavy (non-hydrogen) atoms. The minimum atomic E-state index is -0.141. The molecule has 0 aromatic carbocycles. The molecule has 92 valence electrons. The lowest BCUT2D eigenvalue weighted by Gasteiger charge is -2.15. The van der Waals surface area contributed by atoms with Crippen LogP contribution in [0.5, 0.6) is 0 Å². The number of thiophene rings is 1. The minimum Gasteiger partial charge on any atom is -0.278 e. The Labute approximate surface area is 118 Å². The van der Waals surface area contributed by atoms with E-state index in [1.54, 1.807) is 0 Å². The standard InChI is InChI=1S/C12H14INO2S/c1-7(2)8-4-11(15)14(5-8)12(16)9-3-10(13)17-6-9/h3,6-8H,4-5H2,1-2H3. The van der Waals surface area contributed by atoms with Gasteiger partial charge in [0.05, 0.1) is 8.45 Å². The molecule has 0 radical (unpaired) electrons. The van der Waals surface area contributed by atoms with Gasteiger partial charge in [0, 0.05) is 18.3 Å². The molecule has 1 unspecified atom stereocenters. The number of carbonyl (C=O) groups is 2. The summed E-state index contributed by atoms with van der Waals surface area (Å²) >= 11 is 3.71. The first-order valence-electron chi connectivity index (χ1n) is 5.57. The molecule has 1 aliphatic rings. The van der Waals surface area contributed by atoms with Gasteiger partial charge in [0.1, 0.15) is 0 Å². The van der Waals surface area contributed by atoms with Gasteiger partial charge < -0.3 is 0 Å². The van der Waals surface area contributed by atoms with Crippen LogP contribution < -0.4 is 0 Å². The van der Waals surface area contributed by atoms with Crippen LogP contribution >= 0.6 is 33.9 Å². The monoisotopic (exact) mass is 363 g/mol. The molecule has 1 atom stereocenters. The lowest BCUT2D eigenvalue weighted by Crippen LogP contribution is -2.32. The number of nitrogens with zero attached hydrogens (tertiary/aromatic N) is 1. The number of rotatable bonds is 2. The van der Waals surface area contributed by atoms with E-state index in [1.165, 1.54) is 16.2 Å². The Morgan fingerprint density at radius 1 is 1.59 bits per heavy atom. The molecule has 1 aromatic heterocycles. The molecule has 1 aromatic rings. The van der Waals surface area contributed by atoms with Crippen LogP contribution in [0.4, 0.5) is 0 Å². The largest absolute Gasteiger partial charge is 0.278 e. The lowest BCUT2D eigenvalue weighted by atomic mass is 9.95. The summed E-state index contributed by atoms with van der Waals surface area (Å²) in [6.07, 6.45) is 0.505. The molecule has 2 rings (SSSR count). The second-order valence-electron chi connectivity index (χ2n) is 4.66. The van der Waals surface area contributed by atoms with E-state index in [2.05, 4.69) is 36.4 Å². The van der Waals surface area contributed by atoms with Gasteiger partial charge in [0.2, 0.25) is 5.91 Å². The van der Waals surface area contributed by atoms with E-state index in [4.69, 9.17) is 0 Å². The van der Waals surface area contributed by atoms with Gasteiger partial charge in [-0.15, -0.1) is 11.3 Å². The first kappa shape index (κ1) is 13.0. The van der Waals surface area contributed by atoms with Crippen LogP contribution in [0.2, 0.25) is 0 Å². The van der Waals surface area contributed by atoms with Crippen molar-refractivity contribution in [2.75, 3.05) is 6.54 Å². The van der Waals surface area contributed by atoms with Crippen molar-refractivity contribution in [1.82, 2.24) is 4.90 Å². The van der Waals surface area contributed by atoms with Gasteiger partial charge >= 0.3 is 0 Å². The predicted octanol–water partition coefficient (Wildman–Crippen LogP) is 3.00. The Morgan fingerprint density at radius 3 is 2.76 bits per heavy atom. The number of imide groups is 1. The Hall–Kier alpha value is -0.430. The van der Waals surface area contributed by atoms with E-state index < -0.39 is 0 Å². The highest BCUT2D eigenvalue weighted by atomic mass is 127. The molecule has 0 spiro atoms. The van der Waals surface area contributed by atoms with Crippen LogP contribution in [0.1, 0.15) is 30.6 Å². The third kappa shape index (κ3) is 2.70. The van der Waals surface area contributed by atoms with Crippen molar-refractivity contribution in [2.45, 2.75) is 20.3 Å². The molecular weight excluding hydrogens is 349 g/mol. The number of hydrogen-bond acceptors (Lipinski definition) is 3. The SMILES string of the molecule is CC(C)C1CC(=O)N(C(=O)c2csc(I)c2)C1. The molecular formula is C12H14INO2S. The summed E-state index contributed by atoms with van der Waals surface area (Å²) in [6.45, 7) is 4.76. The van der Waals surface area contributed by atoms with Crippen molar-refractivity contribution in [3.05, 3.63) is 19.9 Å². The van der Waals surface area contributed by atoms with E-state index in [1.807, 2.05) is 11.4 Å². The normalized spacial score (nSPS) is 20.4. The molecule has 0 N–H and O–H groups in total. The van der Waals surface area contributed by atoms with Crippen molar-refractivity contribution in [1.29, 1.82) is 0 Å². The molecule has 1 aliphatic heterocycles. The first-order chi connectivity index (χ1) is 7.99. The zero-order valence-electron chi connectivity index (χ0n) is 9.77. The number of hydrogen-bond donors (Lipinski definition) is 0. The van der Waals surface area contributed by atoms with Crippen LogP contribution in [0.3, 0.4) is 0 Å². The average Bonchev–Trinajstić information content (AvgIpc) is 2.84. The second-order valence-corrected chi connectivity index (χ2v) is 7.46. The van der Waals surface area contributed by atoms with Crippen molar-refractivity contribution in [3.63, 3.8) is 0 Å². The van der Waals surface area contributed by atoms with E-state index in [0.29, 0.717) is 30.4 Å². The van der Waals surface area contributed by atoms with Crippen molar-refractivity contribution in [3.8, 4) is 0 Å². The molecule has 5 heteroatoms. The summed E-state index contributed by atoms with van der Waals surface area (Å²) in [5, 5.41) is 1.82. The minimum absolute atomic E-state index is 0.0325. The fourth-order valence-electron chi connectivity index (χ4n) is 1.96. The number of likely N-dealkylation sites (tertiary alicyclic amines) is 1. The summed E-state index contributed by atoms with van der Waals surface area (Å²) in [5.74, 6) is 0.579. The van der Waals surface area contributed by atoms with E-state index >= 15 is 0 Å². The smallest absolute Gasteiger partial charge is 0.261 e. The Bertz CT molecular complexity index is 455. The van der Waals surface area contributed by atoms with Gasteiger partial charge in [-0.2, -0.15) is 0 Å². The van der Waals surface area contributed by atoms with Gasteiger partial charge in [0.25, 0.3) is 5.91 Å². The molecule has 1 saturated heterocycles. The number of carbonyl (C=O) groups excluding carboxylic acids is 2. The van der Waals surface area contributed by atoms with Crippen LogP contribution in [0.25, 0.3) is 0 Å². The topological polar surface area (TPSA) is 37.4 Å². The second kappa shape index (κ2) is 5.06. The molecule has 1 fully saturated rings. The molecule has 3 nitrogen and oxygen atoms in total. The van der Waals surface area contributed by atoms with Crippen molar-refractivity contribution >= 4 is 45.7 Å². The fourth-order valence-corrected chi connectivity index (χ4v) is 3.28. The number of halogens is 1. The zero-order chi connectivity index (χ0) is 12.6. The first-order valence-corrected chi connectivity index (χ1v) is 7.53. The number of amides is 2. The summed E-state index contributed by atoms with van der Waals surface area (Å²) < 4.78 is 1.07. The van der Waals surface area contributed by atoms with Gasteiger partial charge in [0.15, 0.2) is 0 Å². The molecule has 0 aliphatic carbocycles. The quantitative estimate of drug-likeness (QED) is 0.599. The maximum Gasteiger partial charge on any atom is 0.261 e. The Morgan fingerprint density at radius 2 is 2.29 bits per heavy atom. The highest BCUT2D eigenvalue weighted by molar-refractivity contribution is 14.1. The fraction of sp³-hybridized carbons (Fsp3) is 0.500. The van der Waals surface area contributed by atoms with E-state index in [0.717, 1.165) is 2.88 Å². The van der Waals surface area contributed by atoms with Crippen LogP contribution in [-0.2, 0) is 4.79 Å². The van der Waals surface area contributed by atoms with Crippen LogP contribution in [0.15, 0.2) is 11.4 Å². The van der Waals surface area contributed by atoms with Gasteiger partial charge in [-0.05, 0) is 40.5 Å². The maximum atomic E-state index is 12.1. The third-order valence-corrected chi connectivity index (χ3v) is 4.95. The third-order valence-electron chi connectivity index (χ3n) is 3.16.